The summed E-state index contributed by atoms with van der Waals surface area (Å²) in [6.45, 7) is 0. The number of rotatable bonds is 0. The van der Waals surface area contributed by atoms with E-state index in [-0.39, 0.29) is 5.78 Å². The molecule has 0 saturated carbocycles. The van der Waals surface area contributed by atoms with Crippen molar-refractivity contribution in [1.82, 2.24) is 0 Å². The summed E-state index contributed by atoms with van der Waals surface area (Å²) in [4.78, 5) is 11.5. The molecule has 0 atom stereocenters. The van der Waals surface area contributed by atoms with E-state index < -0.39 is 0 Å². The molecule has 2 rings (SSSR count). The number of fused-ring (bicyclic) bond motifs is 2. The monoisotopic (exact) mass is 170 g/mol. The van der Waals surface area contributed by atoms with Crippen LogP contribution in [0, 0.1) is 0 Å². The highest BCUT2D eigenvalue weighted by Crippen LogP contribution is 2.18. The van der Waals surface area contributed by atoms with Gasteiger partial charge in [-0.15, -0.1) is 0 Å². The Hall–Kier alpha value is -1.63. The standard InChI is InChI=1S/C12H10O/c13-12-8-4-2-6-10-5-1-3-7-11(12)9-10/h1-8H,9H2. The van der Waals surface area contributed by atoms with Crippen LogP contribution in [-0.2, 0) is 4.79 Å². The van der Waals surface area contributed by atoms with Crippen LogP contribution < -0.4 is 0 Å². The summed E-state index contributed by atoms with van der Waals surface area (Å²) in [5.41, 5.74) is 2.04. The fraction of sp³-hybridized carbons (Fsp3) is 0.0833. The van der Waals surface area contributed by atoms with Crippen molar-refractivity contribution < 1.29 is 4.79 Å². The molecule has 2 aliphatic carbocycles. The van der Waals surface area contributed by atoms with Gasteiger partial charge >= 0.3 is 0 Å². The van der Waals surface area contributed by atoms with E-state index in [1.807, 2.05) is 36.5 Å². The number of hydrogen-bond acceptors (Lipinski definition) is 1. The number of ketones is 1. The van der Waals surface area contributed by atoms with E-state index >= 15 is 0 Å². The first-order valence-corrected chi connectivity index (χ1v) is 4.32. The normalized spacial score (nSPS) is 20.2. The summed E-state index contributed by atoms with van der Waals surface area (Å²) >= 11 is 0. The molecule has 1 nitrogen and oxygen atoms in total. The van der Waals surface area contributed by atoms with Crippen LogP contribution in [0.2, 0.25) is 0 Å². The average molecular weight is 170 g/mol. The average Bonchev–Trinajstić information content (AvgIpc) is 2.36. The molecule has 0 spiro atoms. The first-order valence-electron chi connectivity index (χ1n) is 4.32. The lowest BCUT2D eigenvalue weighted by molar-refractivity contribution is -0.111. The van der Waals surface area contributed by atoms with E-state index in [2.05, 4.69) is 0 Å². The van der Waals surface area contributed by atoms with Crippen molar-refractivity contribution >= 4 is 5.78 Å². The van der Waals surface area contributed by atoms with Crippen molar-refractivity contribution in [1.29, 1.82) is 0 Å². The lowest BCUT2D eigenvalue weighted by Gasteiger charge is -2.04. The minimum absolute atomic E-state index is 0.113. The maximum absolute atomic E-state index is 11.5. The van der Waals surface area contributed by atoms with Crippen LogP contribution in [0.5, 0.6) is 0 Å². The zero-order chi connectivity index (χ0) is 9.10. The van der Waals surface area contributed by atoms with Gasteiger partial charge in [-0.05, 0) is 11.6 Å². The Bertz CT molecular complexity index is 376. The number of carbonyl (C=O) groups is 1. The van der Waals surface area contributed by atoms with Gasteiger partial charge < -0.3 is 0 Å². The second-order valence-corrected chi connectivity index (χ2v) is 3.08. The molecule has 0 fully saturated rings. The van der Waals surface area contributed by atoms with Gasteiger partial charge in [-0.25, -0.2) is 0 Å². The molecule has 0 aliphatic heterocycles. The lowest BCUT2D eigenvalue weighted by atomic mass is 9.99. The van der Waals surface area contributed by atoms with Gasteiger partial charge in [-0.3, -0.25) is 4.79 Å². The Balaban J connectivity index is 2.47. The molecule has 0 N–H and O–H groups in total. The minimum atomic E-state index is 0.113. The summed E-state index contributed by atoms with van der Waals surface area (Å²) in [7, 11) is 0. The fourth-order valence-electron chi connectivity index (χ4n) is 1.40. The van der Waals surface area contributed by atoms with E-state index in [4.69, 9.17) is 0 Å². The molecule has 0 heterocycles. The summed E-state index contributed by atoms with van der Waals surface area (Å²) in [5.74, 6) is 0.113. The highest BCUT2D eigenvalue weighted by Gasteiger charge is 2.09. The van der Waals surface area contributed by atoms with E-state index in [1.165, 1.54) is 5.57 Å². The van der Waals surface area contributed by atoms with Crippen LogP contribution in [0.25, 0.3) is 0 Å². The molecule has 0 amide bonds. The SMILES string of the molecule is O=C1C=CC=CC2=CC=CC=C1C2. The molecule has 13 heavy (non-hydrogen) atoms. The molecule has 0 radical (unpaired) electrons. The Labute approximate surface area is 77.5 Å². The highest BCUT2D eigenvalue weighted by molar-refractivity contribution is 6.05. The van der Waals surface area contributed by atoms with Crippen LogP contribution >= 0.6 is 0 Å². The molecule has 0 aromatic heterocycles. The molecular weight excluding hydrogens is 160 g/mol. The molecule has 0 saturated heterocycles. The quantitative estimate of drug-likeness (QED) is 0.546. The van der Waals surface area contributed by atoms with Crippen LogP contribution in [-0.4, -0.2) is 5.78 Å². The van der Waals surface area contributed by atoms with E-state index in [1.54, 1.807) is 12.2 Å². The van der Waals surface area contributed by atoms with Crippen LogP contribution in [0.4, 0.5) is 0 Å². The third-order valence-electron chi connectivity index (χ3n) is 2.10. The number of carbonyl (C=O) groups excluding carboxylic acids is 1. The molecule has 64 valence electrons. The smallest absolute Gasteiger partial charge is 0.182 e. The van der Waals surface area contributed by atoms with Crippen LogP contribution in [0.1, 0.15) is 6.42 Å². The lowest BCUT2D eigenvalue weighted by Crippen LogP contribution is -2.00. The van der Waals surface area contributed by atoms with Gasteiger partial charge in [0.15, 0.2) is 5.78 Å². The zero-order valence-electron chi connectivity index (χ0n) is 7.23. The molecule has 0 unspecified atom stereocenters. The Morgan fingerprint density at radius 1 is 0.923 bits per heavy atom. The third-order valence-corrected chi connectivity index (χ3v) is 2.10. The van der Waals surface area contributed by atoms with Crippen molar-refractivity contribution in [2.45, 2.75) is 6.42 Å². The summed E-state index contributed by atoms with van der Waals surface area (Å²) < 4.78 is 0. The van der Waals surface area contributed by atoms with Crippen molar-refractivity contribution in [3.8, 4) is 0 Å². The maximum atomic E-state index is 11.5. The summed E-state index contributed by atoms with van der Waals surface area (Å²) in [5, 5.41) is 0. The van der Waals surface area contributed by atoms with Gasteiger partial charge in [-0.1, -0.05) is 42.5 Å². The van der Waals surface area contributed by atoms with E-state index in [9.17, 15) is 4.79 Å². The van der Waals surface area contributed by atoms with E-state index in [0.717, 1.165) is 12.0 Å². The fourth-order valence-corrected chi connectivity index (χ4v) is 1.40. The van der Waals surface area contributed by atoms with E-state index in [0.29, 0.717) is 0 Å². The minimum Gasteiger partial charge on any atom is -0.290 e. The Morgan fingerprint density at radius 3 is 2.62 bits per heavy atom. The summed E-state index contributed by atoms with van der Waals surface area (Å²) in [6, 6.07) is 0. The van der Waals surface area contributed by atoms with Gasteiger partial charge in [0.2, 0.25) is 0 Å². The van der Waals surface area contributed by atoms with Gasteiger partial charge in [0, 0.05) is 12.0 Å². The van der Waals surface area contributed by atoms with Gasteiger partial charge in [0.1, 0.15) is 0 Å². The first kappa shape index (κ1) is 7.99. The third kappa shape index (κ3) is 1.75. The van der Waals surface area contributed by atoms with Crippen LogP contribution in [0.15, 0.2) is 59.8 Å². The highest BCUT2D eigenvalue weighted by atomic mass is 16.1. The van der Waals surface area contributed by atoms with Gasteiger partial charge in [-0.2, -0.15) is 0 Å². The van der Waals surface area contributed by atoms with Gasteiger partial charge in [0.05, 0.1) is 0 Å². The Kier molecular flexibility index (Phi) is 2.09. The topological polar surface area (TPSA) is 17.1 Å². The largest absolute Gasteiger partial charge is 0.290 e. The summed E-state index contributed by atoms with van der Waals surface area (Å²) in [6.07, 6.45) is 15.9. The second kappa shape index (κ2) is 3.40. The maximum Gasteiger partial charge on any atom is 0.182 e. The number of hydrogen-bond donors (Lipinski definition) is 0. The van der Waals surface area contributed by atoms with Crippen molar-refractivity contribution in [2.24, 2.45) is 0 Å². The molecular formula is C12H10O. The first-order chi connectivity index (χ1) is 6.36. The van der Waals surface area contributed by atoms with Crippen molar-refractivity contribution in [3.05, 3.63) is 59.8 Å². The van der Waals surface area contributed by atoms with Crippen LogP contribution in [0.3, 0.4) is 0 Å². The predicted molar refractivity (Wildman–Crippen MR) is 53.2 cm³/mol. The molecule has 0 aromatic carbocycles. The molecule has 1 heteroatoms. The Morgan fingerprint density at radius 2 is 1.69 bits per heavy atom. The predicted octanol–water partition coefficient (Wildman–Crippen LogP) is 2.49. The second-order valence-electron chi connectivity index (χ2n) is 3.08. The van der Waals surface area contributed by atoms with Crippen molar-refractivity contribution in [2.75, 3.05) is 0 Å². The van der Waals surface area contributed by atoms with Gasteiger partial charge in [0.25, 0.3) is 0 Å². The molecule has 2 aliphatic rings. The molecule has 2 bridgehead atoms. The number of allylic oxidation sites excluding steroid dienone is 10. The van der Waals surface area contributed by atoms with Crippen molar-refractivity contribution in [3.63, 3.8) is 0 Å². The molecule has 0 aromatic rings. The zero-order valence-corrected chi connectivity index (χ0v) is 7.23.